The Balaban J connectivity index is 1.44. The van der Waals surface area contributed by atoms with Crippen LogP contribution < -0.4 is 20.5 Å². The lowest BCUT2D eigenvalue weighted by atomic mass is 9.87. The average molecular weight is 459 g/mol. The van der Waals surface area contributed by atoms with Gasteiger partial charge in [0.2, 0.25) is 5.91 Å². The number of carbonyl (C=O) groups excluding carboxylic acids is 1. The summed E-state index contributed by atoms with van der Waals surface area (Å²) in [6, 6.07) is 19.4. The number of ether oxygens (including phenoxy) is 2. The number of nitrogens with zero attached hydrogens (tertiary/aromatic N) is 1. The van der Waals surface area contributed by atoms with Gasteiger partial charge in [0.25, 0.3) is 0 Å². The quantitative estimate of drug-likeness (QED) is 0.411. The predicted octanol–water partition coefficient (Wildman–Crippen LogP) is 3.46. The Hall–Kier alpha value is -4.04. The Bertz CT molecular complexity index is 1390. The first-order valence-corrected chi connectivity index (χ1v) is 11.1. The van der Waals surface area contributed by atoms with Gasteiger partial charge in [-0.05, 0) is 53.4 Å². The van der Waals surface area contributed by atoms with Gasteiger partial charge < -0.3 is 24.8 Å². The van der Waals surface area contributed by atoms with E-state index in [0.29, 0.717) is 28.2 Å². The maximum atomic E-state index is 13.1. The molecule has 0 aliphatic carbocycles. The molecule has 3 aromatic carbocycles. The molecule has 8 heteroatoms. The Morgan fingerprint density at radius 3 is 2.50 bits per heavy atom. The largest absolute Gasteiger partial charge is 0.493 e. The highest BCUT2D eigenvalue weighted by molar-refractivity contribution is 5.94. The number of aromatic amines is 2. The molecule has 0 fully saturated rings. The van der Waals surface area contributed by atoms with Gasteiger partial charge >= 0.3 is 5.69 Å². The second-order valence-electron chi connectivity index (χ2n) is 8.33. The number of hydrogen-bond donors (Lipinski definition) is 3. The molecule has 0 bridgehead atoms. The van der Waals surface area contributed by atoms with Gasteiger partial charge in [0.05, 0.1) is 37.8 Å². The Morgan fingerprint density at radius 2 is 1.74 bits per heavy atom. The molecule has 0 saturated carbocycles. The lowest BCUT2D eigenvalue weighted by molar-refractivity contribution is -0.117. The first kappa shape index (κ1) is 21.8. The lowest BCUT2D eigenvalue weighted by Crippen LogP contribution is -2.41. The van der Waals surface area contributed by atoms with Crippen LogP contribution in [0.25, 0.3) is 11.0 Å². The molecule has 1 aliphatic rings. The average Bonchev–Trinajstić information content (AvgIpc) is 3.22. The van der Waals surface area contributed by atoms with E-state index in [1.165, 1.54) is 5.56 Å². The number of benzene rings is 3. The summed E-state index contributed by atoms with van der Waals surface area (Å²) in [7, 11) is 3.27. The van der Waals surface area contributed by atoms with Crippen LogP contribution in [0, 0.1) is 0 Å². The summed E-state index contributed by atoms with van der Waals surface area (Å²) in [4.78, 5) is 32.2. The van der Waals surface area contributed by atoms with Crippen molar-refractivity contribution in [1.29, 1.82) is 0 Å². The number of methoxy groups -OCH3 is 2. The molecule has 0 saturated heterocycles. The van der Waals surface area contributed by atoms with Crippen molar-refractivity contribution in [1.82, 2.24) is 14.9 Å². The van der Waals surface area contributed by atoms with Gasteiger partial charge in [0, 0.05) is 12.2 Å². The third-order valence-electron chi connectivity index (χ3n) is 6.24. The summed E-state index contributed by atoms with van der Waals surface area (Å²) in [5, 5.41) is 2.97. The molecule has 8 nitrogen and oxygen atoms in total. The minimum absolute atomic E-state index is 0.0981. The molecule has 1 aliphatic heterocycles. The summed E-state index contributed by atoms with van der Waals surface area (Å²) in [6.07, 6.45) is 0.794. The number of carbonyl (C=O) groups is 1. The van der Waals surface area contributed by atoms with Crippen LogP contribution in [0.3, 0.4) is 0 Å². The highest BCUT2D eigenvalue weighted by Crippen LogP contribution is 2.40. The van der Waals surface area contributed by atoms with E-state index in [1.807, 2.05) is 30.3 Å². The fourth-order valence-electron chi connectivity index (χ4n) is 4.69. The summed E-state index contributed by atoms with van der Waals surface area (Å²) >= 11 is 0. The minimum atomic E-state index is -0.275. The van der Waals surface area contributed by atoms with Crippen LogP contribution in [0.15, 0.2) is 65.5 Å². The maximum Gasteiger partial charge on any atom is 0.323 e. The Labute approximate surface area is 196 Å². The zero-order valence-electron chi connectivity index (χ0n) is 19.1. The molecule has 1 aromatic heterocycles. The van der Waals surface area contributed by atoms with Crippen LogP contribution in [-0.4, -0.2) is 48.1 Å². The molecule has 1 atom stereocenters. The number of amides is 1. The van der Waals surface area contributed by atoms with Crippen molar-refractivity contribution in [3.8, 4) is 11.5 Å². The van der Waals surface area contributed by atoms with Gasteiger partial charge in [0.15, 0.2) is 11.5 Å². The number of nitrogens with one attached hydrogen (secondary N) is 3. The van der Waals surface area contributed by atoms with E-state index in [0.717, 1.165) is 24.1 Å². The second-order valence-corrected chi connectivity index (χ2v) is 8.33. The van der Waals surface area contributed by atoms with Crippen LogP contribution in [0.2, 0.25) is 0 Å². The molecular formula is C26H26N4O4. The van der Waals surface area contributed by atoms with E-state index in [-0.39, 0.29) is 24.2 Å². The Kier molecular flexibility index (Phi) is 5.81. The highest BCUT2D eigenvalue weighted by atomic mass is 16.5. The van der Waals surface area contributed by atoms with Crippen molar-refractivity contribution in [2.45, 2.75) is 12.5 Å². The molecule has 0 spiro atoms. The molecule has 1 unspecified atom stereocenters. The number of H-pyrrole nitrogens is 2. The van der Waals surface area contributed by atoms with Crippen LogP contribution in [0.4, 0.5) is 5.69 Å². The van der Waals surface area contributed by atoms with E-state index in [1.54, 1.807) is 32.4 Å². The second kappa shape index (κ2) is 9.07. The minimum Gasteiger partial charge on any atom is -0.493 e. The summed E-state index contributed by atoms with van der Waals surface area (Å²) < 4.78 is 11.1. The zero-order valence-corrected chi connectivity index (χ0v) is 19.1. The monoisotopic (exact) mass is 458 g/mol. The van der Waals surface area contributed by atoms with Gasteiger partial charge in [-0.15, -0.1) is 0 Å². The lowest BCUT2D eigenvalue weighted by Gasteiger charge is -2.37. The number of imidazole rings is 1. The van der Waals surface area contributed by atoms with E-state index >= 15 is 0 Å². The first-order chi connectivity index (χ1) is 16.6. The summed E-state index contributed by atoms with van der Waals surface area (Å²) in [6.45, 7) is 0.939. The van der Waals surface area contributed by atoms with E-state index < -0.39 is 0 Å². The third kappa shape index (κ3) is 4.15. The molecule has 5 rings (SSSR count). The maximum absolute atomic E-state index is 13.1. The predicted molar refractivity (Wildman–Crippen MR) is 131 cm³/mol. The molecule has 3 N–H and O–H groups in total. The Morgan fingerprint density at radius 1 is 1.00 bits per heavy atom. The number of aromatic nitrogens is 2. The van der Waals surface area contributed by atoms with Gasteiger partial charge in [-0.25, -0.2) is 4.79 Å². The molecule has 174 valence electrons. The van der Waals surface area contributed by atoms with Crippen molar-refractivity contribution < 1.29 is 14.3 Å². The third-order valence-corrected chi connectivity index (χ3v) is 6.24. The molecule has 34 heavy (non-hydrogen) atoms. The normalized spacial score (nSPS) is 15.6. The number of anilines is 1. The fourth-order valence-corrected chi connectivity index (χ4v) is 4.69. The molecule has 2 heterocycles. The smallest absolute Gasteiger partial charge is 0.323 e. The standard InChI is InChI=1S/C26H26N4O4/c1-33-22-12-17-10-11-30(25(16-6-4-3-5-7-16)19(17)14-23(22)34-2)15-24(31)27-18-8-9-20-21(13-18)29-26(32)28-20/h3-9,12-14,25H,10-11,15H2,1-2H3,(H,27,31)(H2,28,29,32). The number of hydrogen-bond acceptors (Lipinski definition) is 5. The van der Waals surface area contributed by atoms with Gasteiger partial charge in [0.1, 0.15) is 0 Å². The van der Waals surface area contributed by atoms with Crippen molar-refractivity contribution in [2.24, 2.45) is 0 Å². The topological polar surface area (TPSA) is 99.4 Å². The summed E-state index contributed by atoms with van der Waals surface area (Å²) in [5.41, 5.74) is 5.10. The van der Waals surface area contributed by atoms with Crippen molar-refractivity contribution >= 4 is 22.6 Å². The molecular weight excluding hydrogens is 432 g/mol. The summed E-state index contributed by atoms with van der Waals surface area (Å²) in [5.74, 6) is 1.25. The zero-order chi connectivity index (χ0) is 23.7. The highest BCUT2D eigenvalue weighted by Gasteiger charge is 2.31. The van der Waals surface area contributed by atoms with E-state index in [2.05, 4.69) is 32.3 Å². The fraction of sp³-hybridized carbons (Fsp3) is 0.231. The molecule has 0 radical (unpaired) electrons. The van der Waals surface area contributed by atoms with E-state index in [9.17, 15) is 9.59 Å². The van der Waals surface area contributed by atoms with Gasteiger partial charge in [-0.2, -0.15) is 0 Å². The number of rotatable bonds is 6. The number of fused-ring (bicyclic) bond motifs is 2. The van der Waals surface area contributed by atoms with Gasteiger partial charge in [-0.1, -0.05) is 30.3 Å². The van der Waals surface area contributed by atoms with Crippen LogP contribution in [0.1, 0.15) is 22.7 Å². The van der Waals surface area contributed by atoms with Crippen LogP contribution in [-0.2, 0) is 11.2 Å². The molecule has 1 amide bonds. The van der Waals surface area contributed by atoms with Gasteiger partial charge in [-0.3, -0.25) is 9.69 Å². The van der Waals surface area contributed by atoms with Crippen LogP contribution >= 0.6 is 0 Å². The van der Waals surface area contributed by atoms with Crippen molar-refractivity contribution in [3.05, 3.63) is 87.8 Å². The SMILES string of the molecule is COc1cc2c(cc1OC)C(c1ccccc1)N(CC(=O)Nc1ccc3[nH]c(=O)[nH]c3c1)CC2. The van der Waals surface area contributed by atoms with Crippen LogP contribution in [0.5, 0.6) is 11.5 Å². The van der Waals surface area contributed by atoms with E-state index in [4.69, 9.17) is 9.47 Å². The van der Waals surface area contributed by atoms with Crippen molar-refractivity contribution in [3.63, 3.8) is 0 Å². The molecule has 4 aromatic rings. The van der Waals surface area contributed by atoms with Crippen molar-refractivity contribution in [2.75, 3.05) is 32.6 Å². The first-order valence-electron chi connectivity index (χ1n) is 11.1.